The molecule has 0 unspecified atom stereocenters. The third-order valence-electron chi connectivity index (χ3n) is 3.06. The first-order chi connectivity index (χ1) is 10.5. The molecule has 0 aromatic heterocycles. The number of aliphatic hydroxyl groups excluding tert-OH is 1. The van der Waals surface area contributed by atoms with Gasteiger partial charge in [-0.1, -0.05) is 12.1 Å². The molecule has 0 heterocycles. The Kier molecular flexibility index (Phi) is 5.24. The van der Waals surface area contributed by atoms with Crippen molar-refractivity contribution < 1.29 is 14.8 Å². The van der Waals surface area contributed by atoms with E-state index < -0.39 is 11.0 Å². The highest BCUT2D eigenvalue weighted by Crippen LogP contribution is 2.18. The molecule has 2 rings (SSSR count). The van der Waals surface area contributed by atoms with Gasteiger partial charge in [-0.3, -0.25) is 14.9 Å². The maximum atomic E-state index is 12.0. The number of carbonyl (C=O) groups excluding carboxylic acids is 1. The Labute approximate surface area is 135 Å². The molecule has 0 radical (unpaired) electrons. The largest absolute Gasteiger partial charge is 0.387 e. The van der Waals surface area contributed by atoms with Gasteiger partial charge in [-0.25, -0.2) is 0 Å². The Morgan fingerprint density at radius 3 is 2.45 bits per heavy atom. The van der Waals surface area contributed by atoms with E-state index in [-0.39, 0.29) is 18.1 Å². The number of hydrogen-bond donors (Lipinski definition) is 2. The zero-order valence-electron chi connectivity index (χ0n) is 11.4. The van der Waals surface area contributed by atoms with Gasteiger partial charge in [0.1, 0.15) is 0 Å². The van der Waals surface area contributed by atoms with Gasteiger partial charge >= 0.3 is 0 Å². The molecule has 2 aromatic rings. The van der Waals surface area contributed by atoms with Crippen molar-refractivity contribution in [2.45, 2.75) is 6.10 Å². The van der Waals surface area contributed by atoms with Crippen LogP contribution in [0.25, 0.3) is 0 Å². The molecule has 0 aliphatic carbocycles. The minimum absolute atomic E-state index is 0.0119. The van der Waals surface area contributed by atoms with Crippen LogP contribution in [0, 0.1) is 10.1 Å². The van der Waals surface area contributed by atoms with Crippen molar-refractivity contribution in [3.05, 3.63) is 74.2 Å². The third kappa shape index (κ3) is 3.90. The minimum Gasteiger partial charge on any atom is -0.387 e. The Morgan fingerprint density at radius 2 is 1.86 bits per heavy atom. The highest BCUT2D eigenvalue weighted by Gasteiger charge is 2.14. The van der Waals surface area contributed by atoms with E-state index in [1.807, 2.05) is 0 Å². The van der Waals surface area contributed by atoms with E-state index >= 15 is 0 Å². The molecule has 0 aliphatic heterocycles. The lowest BCUT2D eigenvalue weighted by atomic mass is 10.1. The van der Waals surface area contributed by atoms with E-state index in [1.54, 1.807) is 24.3 Å². The van der Waals surface area contributed by atoms with Crippen molar-refractivity contribution in [2.75, 3.05) is 6.54 Å². The highest BCUT2D eigenvalue weighted by molar-refractivity contribution is 9.10. The topological polar surface area (TPSA) is 92.5 Å². The number of rotatable bonds is 5. The smallest absolute Gasteiger partial charge is 0.269 e. The molecular formula is C15H13BrN2O4. The first-order valence-corrected chi connectivity index (χ1v) is 7.23. The zero-order chi connectivity index (χ0) is 16.1. The van der Waals surface area contributed by atoms with Gasteiger partial charge in [0, 0.05) is 23.2 Å². The van der Waals surface area contributed by atoms with Gasteiger partial charge in [0.25, 0.3) is 11.6 Å². The van der Waals surface area contributed by atoms with Crippen molar-refractivity contribution in [2.24, 2.45) is 0 Å². The van der Waals surface area contributed by atoms with E-state index in [0.29, 0.717) is 15.6 Å². The molecule has 0 spiro atoms. The molecule has 22 heavy (non-hydrogen) atoms. The standard InChI is InChI=1S/C15H13BrN2O4/c16-13-4-2-1-3-12(13)15(20)17-9-14(19)10-5-7-11(8-6-10)18(21)22/h1-8,14,19H,9H2,(H,17,20)/t14-/m1/s1. The molecular weight excluding hydrogens is 352 g/mol. The first kappa shape index (κ1) is 16.1. The second kappa shape index (κ2) is 7.15. The summed E-state index contributed by atoms with van der Waals surface area (Å²) in [6.07, 6.45) is -0.938. The van der Waals surface area contributed by atoms with E-state index in [4.69, 9.17) is 0 Å². The van der Waals surface area contributed by atoms with Crippen LogP contribution in [0.5, 0.6) is 0 Å². The summed E-state index contributed by atoms with van der Waals surface area (Å²) in [5.74, 6) is -0.312. The molecule has 0 fully saturated rings. The third-order valence-corrected chi connectivity index (χ3v) is 3.75. The first-order valence-electron chi connectivity index (χ1n) is 6.44. The summed E-state index contributed by atoms with van der Waals surface area (Å²) >= 11 is 3.28. The number of nitrogens with zero attached hydrogens (tertiary/aromatic N) is 1. The number of nitrogens with one attached hydrogen (secondary N) is 1. The van der Waals surface area contributed by atoms with Gasteiger partial charge in [-0.05, 0) is 45.8 Å². The van der Waals surface area contributed by atoms with Crippen LogP contribution in [0.1, 0.15) is 22.0 Å². The fourth-order valence-electron chi connectivity index (χ4n) is 1.87. The highest BCUT2D eigenvalue weighted by atomic mass is 79.9. The van der Waals surface area contributed by atoms with Gasteiger partial charge in [0.15, 0.2) is 0 Å². The summed E-state index contributed by atoms with van der Waals surface area (Å²) in [6.45, 7) is 0.0119. The minimum atomic E-state index is -0.938. The molecule has 7 heteroatoms. The van der Waals surface area contributed by atoms with Crippen molar-refractivity contribution in [3.8, 4) is 0 Å². The molecule has 0 bridgehead atoms. The number of non-ortho nitro benzene ring substituents is 1. The van der Waals surface area contributed by atoms with Crippen LogP contribution < -0.4 is 5.32 Å². The van der Waals surface area contributed by atoms with Gasteiger partial charge < -0.3 is 10.4 Å². The number of nitro groups is 1. The van der Waals surface area contributed by atoms with E-state index in [2.05, 4.69) is 21.2 Å². The van der Waals surface area contributed by atoms with Crippen LogP contribution in [-0.4, -0.2) is 22.5 Å². The fourth-order valence-corrected chi connectivity index (χ4v) is 2.33. The number of amides is 1. The molecule has 2 N–H and O–H groups in total. The second-order valence-electron chi connectivity index (χ2n) is 4.55. The number of aliphatic hydroxyl groups is 1. The number of halogens is 1. The molecule has 114 valence electrons. The summed E-state index contributed by atoms with van der Waals surface area (Å²) in [5, 5.41) is 23.2. The lowest BCUT2D eigenvalue weighted by Gasteiger charge is -2.12. The van der Waals surface area contributed by atoms with E-state index in [9.17, 15) is 20.0 Å². The molecule has 0 saturated heterocycles. The van der Waals surface area contributed by atoms with Gasteiger partial charge in [0.2, 0.25) is 0 Å². The number of hydrogen-bond acceptors (Lipinski definition) is 4. The summed E-state index contributed by atoms with van der Waals surface area (Å²) < 4.78 is 0.664. The molecule has 1 amide bonds. The molecule has 0 aliphatic rings. The van der Waals surface area contributed by atoms with Crippen molar-refractivity contribution in [1.82, 2.24) is 5.32 Å². The van der Waals surface area contributed by atoms with Crippen LogP contribution in [0.15, 0.2) is 53.0 Å². The van der Waals surface area contributed by atoms with Crippen LogP contribution in [0.4, 0.5) is 5.69 Å². The maximum absolute atomic E-state index is 12.0. The predicted octanol–water partition coefficient (Wildman–Crippen LogP) is 2.82. The Bertz CT molecular complexity index is 688. The quantitative estimate of drug-likeness (QED) is 0.630. The number of nitro benzene ring substituents is 1. The number of carbonyl (C=O) groups is 1. The van der Waals surface area contributed by atoms with Crippen molar-refractivity contribution in [1.29, 1.82) is 0 Å². The molecule has 0 saturated carbocycles. The molecule has 1 atom stereocenters. The molecule has 2 aromatic carbocycles. The average Bonchev–Trinajstić information content (AvgIpc) is 2.52. The Hall–Kier alpha value is -2.25. The SMILES string of the molecule is O=C(NC[C@@H](O)c1ccc([N+](=O)[O-])cc1)c1ccccc1Br. The Morgan fingerprint density at radius 1 is 1.23 bits per heavy atom. The molecule has 6 nitrogen and oxygen atoms in total. The summed E-state index contributed by atoms with van der Waals surface area (Å²) in [7, 11) is 0. The maximum Gasteiger partial charge on any atom is 0.269 e. The van der Waals surface area contributed by atoms with Gasteiger partial charge in [-0.2, -0.15) is 0 Å². The zero-order valence-corrected chi connectivity index (χ0v) is 13.0. The van der Waals surface area contributed by atoms with Crippen molar-refractivity contribution in [3.63, 3.8) is 0 Å². The fraction of sp³-hybridized carbons (Fsp3) is 0.133. The van der Waals surface area contributed by atoms with E-state index in [0.717, 1.165) is 0 Å². The summed E-state index contributed by atoms with van der Waals surface area (Å²) in [6, 6.07) is 12.5. The lowest BCUT2D eigenvalue weighted by Crippen LogP contribution is -2.28. The van der Waals surface area contributed by atoms with Crippen LogP contribution in [0.3, 0.4) is 0 Å². The van der Waals surface area contributed by atoms with Crippen LogP contribution in [0.2, 0.25) is 0 Å². The summed E-state index contributed by atoms with van der Waals surface area (Å²) in [4.78, 5) is 22.1. The normalized spacial score (nSPS) is 11.7. The number of benzene rings is 2. The Balaban J connectivity index is 1.97. The monoisotopic (exact) mass is 364 g/mol. The lowest BCUT2D eigenvalue weighted by molar-refractivity contribution is -0.384. The van der Waals surface area contributed by atoms with Gasteiger partial charge in [-0.15, -0.1) is 0 Å². The van der Waals surface area contributed by atoms with E-state index in [1.165, 1.54) is 24.3 Å². The summed E-state index contributed by atoms with van der Waals surface area (Å²) in [5.41, 5.74) is 0.921. The van der Waals surface area contributed by atoms with Crippen molar-refractivity contribution >= 4 is 27.5 Å². The van der Waals surface area contributed by atoms with Crippen LogP contribution in [-0.2, 0) is 0 Å². The van der Waals surface area contributed by atoms with Crippen LogP contribution >= 0.6 is 15.9 Å². The predicted molar refractivity (Wildman–Crippen MR) is 84.5 cm³/mol. The second-order valence-corrected chi connectivity index (χ2v) is 5.41. The average molecular weight is 365 g/mol. The van der Waals surface area contributed by atoms with Gasteiger partial charge in [0.05, 0.1) is 16.6 Å².